The molecule has 6 nitrogen and oxygen atoms in total. The Balaban J connectivity index is 1.53. The van der Waals surface area contributed by atoms with E-state index in [9.17, 15) is 4.79 Å². The lowest BCUT2D eigenvalue weighted by molar-refractivity contribution is -0.130. The summed E-state index contributed by atoms with van der Waals surface area (Å²) in [6.07, 6.45) is 12.0. The molecule has 2 aromatic heterocycles. The maximum Gasteiger partial charge on any atom is 0.233 e. The molecule has 1 saturated heterocycles. The predicted octanol–water partition coefficient (Wildman–Crippen LogP) is 4.20. The normalized spacial score (nSPS) is 21.0. The Hall–Kier alpha value is -1.89. The molecular weight excluding hydrogens is 370 g/mol. The highest BCUT2D eigenvalue weighted by Crippen LogP contribution is 2.35. The smallest absolute Gasteiger partial charge is 0.233 e. The molecule has 1 atom stereocenters. The standard InChI is InChI=1S/C21H29N5OS/c1-16-7-6-12-25(14-16)19(27)15-28-21-24-23-20(17-8-5-11-22-13-17)26(21)18-9-3-2-4-10-18/h5,8,11,13,16,18H,2-4,6-7,9-10,12,14-15H2,1H3/t16-/m0/s1. The summed E-state index contributed by atoms with van der Waals surface area (Å²) >= 11 is 1.54. The Morgan fingerprint density at radius 3 is 2.79 bits per heavy atom. The van der Waals surface area contributed by atoms with E-state index in [-0.39, 0.29) is 5.91 Å². The fourth-order valence-corrected chi connectivity index (χ4v) is 5.28. The molecule has 1 aliphatic carbocycles. The second kappa shape index (κ2) is 9.07. The van der Waals surface area contributed by atoms with E-state index in [2.05, 4.69) is 26.7 Å². The zero-order valence-electron chi connectivity index (χ0n) is 16.6. The second-order valence-electron chi connectivity index (χ2n) is 8.09. The molecule has 0 aromatic carbocycles. The van der Waals surface area contributed by atoms with Crippen LogP contribution in [0.3, 0.4) is 0 Å². The van der Waals surface area contributed by atoms with Crippen LogP contribution in [0.2, 0.25) is 0 Å². The van der Waals surface area contributed by atoms with Gasteiger partial charge in [-0.3, -0.25) is 14.3 Å². The molecule has 4 rings (SSSR count). The van der Waals surface area contributed by atoms with E-state index < -0.39 is 0 Å². The minimum atomic E-state index is 0.220. The Morgan fingerprint density at radius 2 is 2.04 bits per heavy atom. The monoisotopic (exact) mass is 399 g/mol. The van der Waals surface area contributed by atoms with E-state index in [1.807, 2.05) is 23.2 Å². The molecule has 0 bridgehead atoms. The molecule has 150 valence electrons. The SMILES string of the molecule is C[C@H]1CCCN(C(=O)CSc2nnc(-c3cccnc3)n2C2CCCCC2)C1. The molecule has 1 amide bonds. The van der Waals surface area contributed by atoms with Gasteiger partial charge in [0.25, 0.3) is 0 Å². The van der Waals surface area contributed by atoms with Crippen LogP contribution in [0, 0.1) is 5.92 Å². The van der Waals surface area contributed by atoms with Crippen molar-refractivity contribution in [1.82, 2.24) is 24.6 Å². The maximum absolute atomic E-state index is 12.7. The average molecular weight is 400 g/mol. The van der Waals surface area contributed by atoms with Gasteiger partial charge < -0.3 is 4.90 Å². The molecule has 3 heterocycles. The van der Waals surface area contributed by atoms with Crippen molar-refractivity contribution in [3.63, 3.8) is 0 Å². The van der Waals surface area contributed by atoms with Crippen molar-refractivity contribution in [2.75, 3.05) is 18.8 Å². The van der Waals surface area contributed by atoms with Crippen LogP contribution in [-0.2, 0) is 4.79 Å². The van der Waals surface area contributed by atoms with Crippen molar-refractivity contribution in [2.24, 2.45) is 5.92 Å². The number of amides is 1. The fourth-order valence-electron chi connectivity index (χ4n) is 4.37. The summed E-state index contributed by atoms with van der Waals surface area (Å²) in [5, 5.41) is 9.83. The van der Waals surface area contributed by atoms with Gasteiger partial charge in [-0.15, -0.1) is 10.2 Å². The summed E-state index contributed by atoms with van der Waals surface area (Å²) in [5.41, 5.74) is 0.989. The Bertz CT molecular complexity index is 787. The lowest BCUT2D eigenvalue weighted by atomic mass is 9.95. The van der Waals surface area contributed by atoms with E-state index in [0.717, 1.165) is 48.9 Å². The second-order valence-corrected chi connectivity index (χ2v) is 9.03. The third kappa shape index (κ3) is 4.40. The van der Waals surface area contributed by atoms with Crippen molar-refractivity contribution in [3.8, 4) is 11.4 Å². The number of hydrogen-bond donors (Lipinski definition) is 0. The van der Waals surface area contributed by atoms with Crippen molar-refractivity contribution >= 4 is 17.7 Å². The molecule has 0 unspecified atom stereocenters. The average Bonchev–Trinajstić information content (AvgIpc) is 3.17. The van der Waals surface area contributed by atoms with Crippen LogP contribution in [-0.4, -0.2) is 49.4 Å². The maximum atomic E-state index is 12.7. The van der Waals surface area contributed by atoms with Crippen molar-refractivity contribution < 1.29 is 4.79 Å². The van der Waals surface area contributed by atoms with E-state index >= 15 is 0 Å². The number of carbonyl (C=O) groups excluding carboxylic acids is 1. The van der Waals surface area contributed by atoms with Gasteiger partial charge in [0.05, 0.1) is 5.75 Å². The molecule has 0 spiro atoms. The molecule has 2 fully saturated rings. The van der Waals surface area contributed by atoms with Gasteiger partial charge in [0.1, 0.15) is 0 Å². The van der Waals surface area contributed by atoms with Gasteiger partial charge >= 0.3 is 0 Å². The number of carbonyl (C=O) groups is 1. The first-order chi connectivity index (χ1) is 13.7. The molecule has 0 radical (unpaired) electrons. The van der Waals surface area contributed by atoms with Crippen LogP contribution in [0.4, 0.5) is 0 Å². The Labute approximate surface area is 171 Å². The quantitative estimate of drug-likeness (QED) is 0.705. The van der Waals surface area contributed by atoms with Crippen LogP contribution >= 0.6 is 11.8 Å². The van der Waals surface area contributed by atoms with E-state index in [0.29, 0.717) is 17.7 Å². The van der Waals surface area contributed by atoms with Crippen LogP contribution in [0.1, 0.15) is 57.9 Å². The summed E-state index contributed by atoms with van der Waals surface area (Å²) in [6.45, 7) is 4.00. The number of hydrogen-bond acceptors (Lipinski definition) is 5. The first kappa shape index (κ1) is 19.4. The first-order valence-corrected chi connectivity index (χ1v) is 11.5. The first-order valence-electron chi connectivity index (χ1n) is 10.5. The molecule has 28 heavy (non-hydrogen) atoms. The third-order valence-corrected chi connectivity index (χ3v) is 6.79. The molecule has 2 aliphatic rings. The van der Waals surface area contributed by atoms with E-state index in [1.165, 1.54) is 37.4 Å². The number of nitrogens with zero attached hydrogens (tertiary/aromatic N) is 5. The van der Waals surface area contributed by atoms with Gasteiger partial charge in [0.15, 0.2) is 11.0 Å². The molecule has 1 saturated carbocycles. The molecule has 1 aliphatic heterocycles. The van der Waals surface area contributed by atoms with Crippen molar-refractivity contribution in [2.45, 2.75) is 63.1 Å². The lowest BCUT2D eigenvalue weighted by Gasteiger charge is -2.31. The summed E-state index contributed by atoms with van der Waals surface area (Å²) in [5.74, 6) is 2.13. The van der Waals surface area contributed by atoms with Gasteiger partial charge in [-0.1, -0.05) is 37.9 Å². The van der Waals surface area contributed by atoms with E-state index in [1.54, 1.807) is 6.20 Å². The van der Waals surface area contributed by atoms with Crippen LogP contribution < -0.4 is 0 Å². The van der Waals surface area contributed by atoms with Gasteiger partial charge in [0.2, 0.25) is 5.91 Å². The van der Waals surface area contributed by atoms with Crippen LogP contribution in [0.15, 0.2) is 29.7 Å². The lowest BCUT2D eigenvalue weighted by Crippen LogP contribution is -2.40. The Morgan fingerprint density at radius 1 is 1.18 bits per heavy atom. The van der Waals surface area contributed by atoms with Gasteiger partial charge in [0, 0.05) is 37.1 Å². The highest BCUT2D eigenvalue weighted by molar-refractivity contribution is 7.99. The molecule has 0 N–H and O–H groups in total. The molecule has 2 aromatic rings. The fraction of sp³-hybridized carbons (Fsp3) is 0.619. The third-order valence-electron chi connectivity index (χ3n) is 5.86. The van der Waals surface area contributed by atoms with Crippen molar-refractivity contribution in [1.29, 1.82) is 0 Å². The number of rotatable bonds is 5. The number of aromatic nitrogens is 4. The summed E-state index contributed by atoms with van der Waals surface area (Å²) in [6, 6.07) is 4.38. The number of likely N-dealkylation sites (tertiary alicyclic amines) is 1. The van der Waals surface area contributed by atoms with Gasteiger partial charge in [-0.25, -0.2) is 0 Å². The van der Waals surface area contributed by atoms with Crippen LogP contribution in [0.5, 0.6) is 0 Å². The van der Waals surface area contributed by atoms with Gasteiger partial charge in [-0.05, 0) is 43.7 Å². The number of thioether (sulfide) groups is 1. The number of piperidine rings is 1. The van der Waals surface area contributed by atoms with Crippen LogP contribution in [0.25, 0.3) is 11.4 Å². The minimum absolute atomic E-state index is 0.220. The zero-order valence-corrected chi connectivity index (χ0v) is 17.4. The summed E-state index contributed by atoms with van der Waals surface area (Å²) in [7, 11) is 0. The highest BCUT2D eigenvalue weighted by atomic mass is 32.2. The molecule has 7 heteroatoms. The largest absolute Gasteiger partial charge is 0.342 e. The number of pyridine rings is 1. The topological polar surface area (TPSA) is 63.9 Å². The summed E-state index contributed by atoms with van der Waals surface area (Å²) < 4.78 is 2.27. The van der Waals surface area contributed by atoms with Crippen molar-refractivity contribution in [3.05, 3.63) is 24.5 Å². The van der Waals surface area contributed by atoms with Gasteiger partial charge in [-0.2, -0.15) is 0 Å². The summed E-state index contributed by atoms with van der Waals surface area (Å²) in [4.78, 5) is 19.0. The minimum Gasteiger partial charge on any atom is -0.342 e. The predicted molar refractivity (Wildman–Crippen MR) is 111 cm³/mol. The molecular formula is C21H29N5OS. The van der Waals surface area contributed by atoms with E-state index in [4.69, 9.17) is 0 Å². The zero-order chi connectivity index (χ0) is 19.3. The Kier molecular flexibility index (Phi) is 6.29. The highest BCUT2D eigenvalue weighted by Gasteiger charge is 2.26.